The highest BCUT2D eigenvalue weighted by molar-refractivity contribution is 5.91. The topological polar surface area (TPSA) is 142 Å². The molecule has 0 N–H and O–H groups in total. The van der Waals surface area contributed by atoms with Gasteiger partial charge in [-0.15, -0.1) is 0 Å². The van der Waals surface area contributed by atoms with Crippen LogP contribution >= 0.6 is 0 Å². The number of hydrogen-bond donors (Lipinski definition) is 0. The van der Waals surface area contributed by atoms with Crippen molar-refractivity contribution in [3.8, 4) is 34.5 Å². The van der Waals surface area contributed by atoms with Gasteiger partial charge in [-0.3, -0.25) is 0 Å². The number of esters is 4. The maximum Gasteiger partial charge on any atom is 0.343 e. The number of benzene rings is 4. The molecule has 0 bridgehead atoms. The minimum atomic E-state index is -0.484. The summed E-state index contributed by atoms with van der Waals surface area (Å²) in [6.45, 7) is 9.30. The first-order chi connectivity index (χ1) is 27.8. The van der Waals surface area contributed by atoms with E-state index in [2.05, 4.69) is 13.2 Å². The number of carbonyl (C=O) groups excluding carboxylic acids is 4. The summed E-state index contributed by atoms with van der Waals surface area (Å²) in [6, 6.07) is 27.2. The van der Waals surface area contributed by atoms with E-state index in [1.165, 1.54) is 0 Å². The summed E-state index contributed by atoms with van der Waals surface area (Å²) >= 11 is 0. The van der Waals surface area contributed by atoms with Crippen molar-refractivity contribution < 1.29 is 57.1 Å². The molecule has 300 valence electrons. The molecule has 0 fully saturated rings. The third kappa shape index (κ3) is 16.8. The van der Waals surface area contributed by atoms with Crippen molar-refractivity contribution in [2.24, 2.45) is 0 Å². The van der Waals surface area contributed by atoms with Crippen LogP contribution in [0, 0.1) is 0 Å². The summed E-state index contributed by atoms with van der Waals surface area (Å²) in [4.78, 5) is 47.3. The molecule has 0 saturated carbocycles. The first-order valence-electron chi connectivity index (χ1n) is 18.8. The molecule has 12 nitrogen and oxygen atoms in total. The van der Waals surface area contributed by atoms with E-state index in [-0.39, 0.29) is 0 Å². The largest absolute Gasteiger partial charge is 0.494 e. The van der Waals surface area contributed by atoms with Crippen molar-refractivity contribution in [1.82, 2.24) is 0 Å². The second-order valence-electron chi connectivity index (χ2n) is 12.4. The summed E-state index contributed by atoms with van der Waals surface area (Å²) in [7, 11) is 0. The van der Waals surface area contributed by atoms with E-state index >= 15 is 0 Å². The molecule has 0 radical (unpaired) electrons. The van der Waals surface area contributed by atoms with Crippen molar-refractivity contribution in [2.75, 3.05) is 39.6 Å². The molecule has 0 aliphatic heterocycles. The zero-order valence-electron chi connectivity index (χ0n) is 31.9. The zero-order chi connectivity index (χ0) is 40.5. The zero-order valence-corrected chi connectivity index (χ0v) is 31.9. The average molecular weight is 781 g/mol. The maximum absolute atomic E-state index is 12.6. The maximum atomic E-state index is 12.6. The smallest absolute Gasteiger partial charge is 0.343 e. The van der Waals surface area contributed by atoms with Gasteiger partial charge in [-0.2, -0.15) is 0 Å². The molecular weight excluding hydrogens is 732 g/mol. The van der Waals surface area contributed by atoms with Crippen LogP contribution in [0.25, 0.3) is 0 Å². The fourth-order valence-electron chi connectivity index (χ4n) is 4.93. The van der Waals surface area contributed by atoms with E-state index in [9.17, 15) is 19.2 Å². The van der Waals surface area contributed by atoms with Crippen molar-refractivity contribution in [2.45, 2.75) is 44.9 Å². The van der Waals surface area contributed by atoms with Crippen molar-refractivity contribution in [1.29, 1.82) is 0 Å². The lowest BCUT2D eigenvalue weighted by molar-refractivity contribution is -0.138. The summed E-state index contributed by atoms with van der Waals surface area (Å²) in [5.41, 5.74) is 0.784. The molecule has 0 spiro atoms. The summed E-state index contributed by atoms with van der Waals surface area (Å²) in [5, 5.41) is 0. The number of hydrogen-bond acceptors (Lipinski definition) is 12. The van der Waals surface area contributed by atoms with Crippen LogP contribution in [0.3, 0.4) is 0 Å². The highest BCUT2D eigenvalue weighted by Gasteiger charge is 2.11. The molecule has 0 atom stereocenters. The highest BCUT2D eigenvalue weighted by Crippen LogP contribution is 2.22. The van der Waals surface area contributed by atoms with E-state index in [0.29, 0.717) is 111 Å². The van der Waals surface area contributed by atoms with Crippen LogP contribution in [-0.2, 0) is 19.1 Å². The standard InChI is InChI=1S/C45H48O12/c1-3-42(46)54-32-10-8-30-52-36-16-12-34(13-17-36)44(48)56-40-24-20-38(21-25-40)50-28-6-5-7-29-51-39-22-26-41(27-23-39)57-45(49)35-14-18-37(19-15-35)53-31-9-11-33-55-43(47)4-2/h3-4,12-27H,1-2,5-11,28-33H2. The molecule has 0 heterocycles. The van der Waals surface area contributed by atoms with Crippen LogP contribution in [-0.4, -0.2) is 63.5 Å². The van der Waals surface area contributed by atoms with E-state index in [0.717, 1.165) is 31.4 Å². The highest BCUT2D eigenvalue weighted by atomic mass is 16.5. The van der Waals surface area contributed by atoms with Crippen molar-refractivity contribution in [3.05, 3.63) is 133 Å². The van der Waals surface area contributed by atoms with Gasteiger partial charge < -0.3 is 37.9 Å². The lowest BCUT2D eigenvalue weighted by Gasteiger charge is -2.10. The quantitative estimate of drug-likeness (QED) is 0.0261. The van der Waals surface area contributed by atoms with Gasteiger partial charge >= 0.3 is 23.9 Å². The molecule has 57 heavy (non-hydrogen) atoms. The molecule has 0 saturated heterocycles. The van der Waals surface area contributed by atoms with Crippen LogP contribution in [0.5, 0.6) is 34.5 Å². The molecule has 0 aliphatic carbocycles. The molecule has 0 aliphatic rings. The Bertz CT molecular complexity index is 1710. The van der Waals surface area contributed by atoms with Gasteiger partial charge in [-0.25, -0.2) is 19.2 Å². The molecular formula is C45H48O12. The Hall–Kier alpha value is -6.56. The average Bonchev–Trinajstić information content (AvgIpc) is 3.24. The molecule has 0 amide bonds. The predicted molar refractivity (Wildman–Crippen MR) is 212 cm³/mol. The second-order valence-corrected chi connectivity index (χ2v) is 12.4. The summed E-state index contributed by atoms with van der Waals surface area (Å²) < 4.78 is 43.8. The van der Waals surface area contributed by atoms with Gasteiger partial charge in [0.1, 0.15) is 34.5 Å². The molecule has 4 aromatic carbocycles. The SMILES string of the molecule is C=CC(=O)OCCCCOc1ccc(C(=O)Oc2ccc(OCCCCCOc3ccc(OC(=O)c4ccc(OCCCCOC(=O)C=C)cc4)cc3)cc2)cc1. The van der Waals surface area contributed by atoms with Gasteiger partial charge in [0.15, 0.2) is 0 Å². The Morgan fingerprint density at radius 3 is 0.947 bits per heavy atom. The van der Waals surface area contributed by atoms with E-state index in [4.69, 9.17) is 37.9 Å². The Morgan fingerprint density at radius 1 is 0.368 bits per heavy atom. The summed E-state index contributed by atoms with van der Waals surface area (Å²) in [5.74, 6) is 1.55. The molecule has 4 aromatic rings. The first kappa shape index (κ1) is 43.2. The van der Waals surface area contributed by atoms with Gasteiger partial charge in [-0.05, 0) is 142 Å². The third-order valence-corrected chi connectivity index (χ3v) is 8.01. The van der Waals surface area contributed by atoms with Gasteiger partial charge in [-0.1, -0.05) is 13.2 Å². The van der Waals surface area contributed by atoms with Crippen molar-refractivity contribution in [3.63, 3.8) is 0 Å². The Morgan fingerprint density at radius 2 is 0.632 bits per heavy atom. The fourth-order valence-corrected chi connectivity index (χ4v) is 4.93. The minimum Gasteiger partial charge on any atom is -0.494 e. The Balaban J connectivity index is 1.03. The normalized spacial score (nSPS) is 10.4. The van der Waals surface area contributed by atoms with E-state index in [1.807, 2.05) is 0 Å². The molecule has 12 heteroatoms. The molecule has 0 unspecified atom stereocenters. The number of unbranched alkanes of at least 4 members (excludes halogenated alkanes) is 4. The lowest BCUT2D eigenvalue weighted by Crippen LogP contribution is -2.08. The molecule has 4 rings (SSSR count). The van der Waals surface area contributed by atoms with Crippen LogP contribution in [0.4, 0.5) is 0 Å². The predicted octanol–water partition coefficient (Wildman–Crippen LogP) is 8.53. The van der Waals surface area contributed by atoms with E-state index < -0.39 is 23.9 Å². The monoisotopic (exact) mass is 780 g/mol. The fraction of sp³-hybridized carbons (Fsp3) is 0.289. The van der Waals surface area contributed by atoms with E-state index in [1.54, 1.807) is 97.1 Å². The summed E-state index contributed by atoms with van der Waals surface area (Å²) in [6.07, 6.45) is 7.60. The Labute approximate surface area is 332 Å². The number of rotatable bonds is 26. The van der Waals surface area contributed by atoms with Gasteiger partial charge in [0, 0.05) is 12.2 Å². The first-order valence-corrected chi connectivity index (χ1v) is 18.8. The van der Waals surface area contributed by atoms with Gasteiger partial charge in [0.05, 0.1) is 50.8 Å². The Kier molecular flexibility index (Phi) is 18.8. The third-order valence-electron chi connectivity index (χ3n) is 8.01. The molecule has 0 aromatic heterocycles. The van der Waals surface area contributed by atoms with Crippen LogP contribution < -0.4 is 28.4 Å². The van der Waals surface area contributed by atoms with Gasteiger partial charge in [0.25, 0.3) is 0 Å². The second kappa shape index (κ2) is 24.8. The van der Waals surface area contributed by atoms with Gasteiger partial charge in [0.2, 0.25) is 0 Å². The van der Waals surface area contributed by atoms with Crippen LogP contribution in [0.15, 0.2) is 122 Å². The number of ether oxygens (including phenoxy) is 8. The van der Waals surface area contributed by atoms with Crippen LogP contribution in [0.2, 0.25) is 0 Å². The van der Waals surface area contributed by atoms with Crippen LogP contribution in [0.1, 0.15) is 65.7 Å². The number of carbonyl (C=O) groups is 4. The minimum absolute atomic E-state index is 0.311. The van der Waals surface area contributed by atoms with Crippen molar-refractivity contribution >= 4 is 23.9 Å². The lowest BCUT2D eigenvalue weighted by atomic mass is 10.2.